The van der Waals surface area contributed by atoms with Crippen molar-refractivity contribution in [3.8, 4) is 5.75 Å². The minimum absolute atomic E-state index is 0.168. The standard InChI is InChI=1S/C14H13Cl2N3O2/c1-2-5-21-12-4-3-9(6-10(12)15)19-14(20)11-7-18-13(16)8-17-11/h3-4,6-8H,2,5H2,1H3,(H,19,20). The predicted octanol–water partition coefficient (Wildman–Crippen LogP) is 3.82. The first kappa shape index (κ1) is 15.5. The first-order valence-electron chi connectivity index (χ1n) is 6.31. The largest absolute Gasteiger partial charge is 0.492 e. The maximum absolute atomic E-state index is 12.0. The maximum Gasteiger partial charge on any atom is 0.275 e. The number of amides is 1. The van der Waals surface area contributed by atoms with Crippen molar-refractivity contribution < 1.29 is 9.53 Å². The van der Waals surface area contributed by atoms with Crippen molar-refractivity contribution in [2.75, 3.05) is 11.9 Å². The quantitative estimate of drug-likeness (QED) is 0.907. The number of carbonyl (C=O) groups excluding carboxylic acids is 1. The lowest BCUT2D eigenvalue weighted by atomic mass is 10.3. The number of aromatic nitrogens is 2. The molecule has 1 N–H and O–H groups in total. The molecule has 0 aliphatic rings. The topological polar surface area (TPSA) is 64.1 Å². The summed E-state index contributed by atoms with van der Waals surface area (Å²) in [6, 6.07) is 5.03. The van der Waals surface area contributed by atoms with Gasteiger partial charge >= 0.3 is 0 Å². The molecule has 21 heavy (non-hydrogen) atoms. The summed E-state index contributed by atoms with van der Waals surface area (Å²) < 4.78 is 5.46. The average Bonchev–Trinajstić information content (AvgIpc) is 2.47. The van der Waals surface area contributed by atoms with E-state index in [1.165, 1.54) is 12.4 Å². The van der Waals surface area contributed by atoms with Gasteiger partial charge in [-0.15, -0.1) is 0 Å². The highest BCUT2D eigenvalue weighted by atomic mass is 35.5. The Hall–Kier alpha value is -1.85. The number of anilines is 1. The number of ether oxygens (including phenoxy) is 1. The van der Waals surface area contributed by atoms with E-state index in [9.17, 15) is 4.79 Å². The summed E-state index contributed by atoms with van der Waals surface area (Å²) in [6.07, 6.45) is 3.51. The minimum Gasteiger partial charge on any atom is -0.492 e. The summed E-state index contributed by atoms with van der Waals surface area (Å²) in [5.74, 6) is 0.195. The van der Waals surface area contributed by atoms with Crippen molar-refractivity contribution in [3.05, 3.63) is 46.5 Å². The van der Waals surface area contributed by atoms with Gasteiger partial charge in [-0.1, -0.05) is 30.1 Å². The molecule has 1 aromatic carbocycles. The zero-order valence-corrected chi connectivity index (χ0v) is 12.8. The van der Waals surface area contributed by atoms with Crippen LogP contribution in [0.25, 0.3) is 0 Å². The highest BCUT2D eigenvalue weighted by molar-refractivity contribution is 6.32. The van der Waals surface area contributed by atoms with Crippen LogP contribution in [0.1, 0.15) is 23.8 Å². The van der Waals surface area contributed by atoms with Crippen LogP contribution in [0.5, 0.6) is 5.75 Å². The zero-order chi connectivity index (χ0) is 15.2. The first-order valence-corrected chi connectivity index (χ1v) is 7.07. The number of hydrogen-bond acceptors (Lipinski definition) is 4. The van der Waals surface area contributed by atoms with Crippen LogP contribution in [0.4, 0.5) is 5.69 Å². The van der Waals surface area contributed by atoms with Crippen molar-refractivity contribution >= 4 is 34.8 Å². The fraction of sp³-hybridized carbons (Fsp3) is 0.214. The lowest BCUT2D eigenvalue weighted by Gasteiger charge is -2.09. The van der Waals surface area contributed by atoms with E-state index in [0.717, 1.165) is 6.42 Å². The van der Waals surface area contributed by atoms with Crippen molar-refractivity contribution in [2.24, 2.45) is 0 Å². The van der Waals surface area contributed by atoms with E-state index >= 15 is 0 Å². The van der Waals surface area contributed by atoms with E-state index in [0.29, 0.717) is 23.1 Å². The first-order chi connectivity index (χ1) is 10.1. The van der Waals surface area contributed by atoms with Crippen LogP contribution in [0.15, 0.2) is 30.6 Å². The van der Waals surface area contributed by atoms with Gasteiger partial charge in [0.2, 0.25) is 0 Å². The Morgan fingerprint density at radius 3 is 2.71 bits per heavy atom. The molecule has 0 saturated heterocycles. The van der Waals surface area contributed by atoms with Gasteiger partial charge < -0.3 is 10.1 Å². The molecular formula is C14H13Cl2N3O2. The van der Waals surface area contributed by atoms with E-state index in [-0.39, 0.29) is 10.8 Å². The monoisotopic (exact) mass is 325 g/mol. The third-order valence-electron chi connectivity index (χ3n) is 2.50. The van der Waals surface area contributed by atoms with Gasteiger partial charge in [-0.25, -0.2) is 9.97 Å². The second kappa shape index (κ2) is 7.24. The van der Waals surface area contributed by atoms with E-state index in [4.69, 9.17) is 27.9 Å². The number of halogens is 2. The Morgan fingerprint density at radius 1 is 1.29 bits per heavy atom. The summed E-state index contributed by atoms with van der Waals surface area (Å²) in [7, 11) is 0. The van der Waals surface area contributed by atoms with Gasteiger partial charge in [0.05, 0.1) is 24.0 Å². The molecule has 0 unspecified atom stereocenters. The van der Waals surface area contributed by atoms with Gasteiger partial charge in [0, 0.05) is 5.69 Å². The molecule has 0 spiro atoms. The van der Waals surface area contributed by atoms with Gasteiger partial charge in [-0.05, 0) is 24.6 Å². The molecule has 0 atom stereocenters. The fourth-order valence-electron chi connectivity index (χ4n) is 1.53. The highest BCUT2D eigenvalue weighted by Crippen LogP contribution is 2.28. The molecule has 1 amide bonds. The van der Waals surface area contributed by atoms with Crippen LogP contribution in [0.2, 0.25) is 10.2 Å². The number of rotatable bonds is 5. The van der Waals surface area contributed by atoms with Gasteiger partial charge in [0.1, 0.15) is 16.6 Å². The van der Waals surface area contributed by atoms with Crippen molar-refractivity contribution in [3.63, 3.8) is 0 Å². The Bertz CT molecular complexity index is 633. The molecule has 2 rings (SSSR count). The number of benzene rings is 1. The summed E-state index contributed by atoms with van der Waals surface area (Å²) in [5, 5.41) is 3.34. The molecule has 2 aromatic rings. The van der Waals surface area contributed by atoms with Gasteiger partial charge in [0.15, 0.2) is 0 Å². The molecule has 5 nitrogen and oxygen atoms in total. The maximum atomic E-state index is 12.0. The second-order valence-electron chi connectivity index (χ2n) is 4.17. The molecular weight excluding hydrogens is 313 g/mol. The lowest BCUT2D eigenvalue weighted by molar-refractivity contribution is 0.102. The third-order valence-corrected chi connectivity index (χ3v) is 2.99. The molecule has 0 aliphatic heterocycles. The molecule has 0 saturated carbocycles. The third kappa shape index (κ3) is 4.31. The zero-order valence-electron chi connectivity index (χ0n) is 11.3. The van der Waals surface area contributed by atoms with Crippen molar-refractivity contribution in [1.82, 2.24) is 9.97 Å². The van der Waals surface area contributed by atoms with Crippen molar-refractivity contribution in [1.29, 1.82) is 0 Å². The molecule has 110 valence electrons. The predicted molar refractivity (Wildman–Crippen MR) is 82.2 cm³/mol. The van der Waals surface area contributed by atoms with Gasteiger partial charge in [0.25, 0.3) is 5.91 Å². The van der Waals surface area contributed by atoms with Crippen LogP contribution >= 0.6 is 23.2 Å². The summed E-state index contributed by atoms with van der Waals surface area (Å²) in [4.78, 5) is 19.7. The van der Waals surface area contributed by atoms with E-state index in [1.54, 1.807) is 18.2 Å². The van der Waals surface area contributed by atoms with E-state index in [1.807, 2.05) is 6.92 Å². The SMILES string of the molecule is CCCOc1ccc(NC(=O)c2cnc(Cl)cn2)cc1Cl. The molecule has 0 aliphatic carbocycles. The summed E-state index contributed by atoms with van der Waals surface area (Å²) in [6.45, 7) is 2.60. The lowest BCUT2D eigenvalue weighted by Crippen LogP contribution is -2.14. The van der Waals surface area contributed by atoms with E-state index in [2.05, 4.69) is 15.3 Å². The molecule has 0 bridgehead atoms. The fourth-order valence-corrected chi connectivity index (χ4v) is 1.87. The van der Waals surface area contributed by atoms with Crippen LogP contribution in [-0.4, -0.2) is 22.5 Å². The smallest absolute Gasteiger partial charge is 0.275 e. The molecule has 7 heteroatoms. The second-order valence-corrected chi connectivity index (χ2v) is 4.97. The number of nitrogens with zero attached hydrogens (tertiary/aromatic N) is 2. The number of nitrogens with one attached hydrogen (secondary N) is 1. The molecule has 1 heterocycles. The minimum atomic E-state index is -0.391. The normalized spacial score (nSPS) is 10.2. The molecule has 0 radical (unpaired) electrons. The average molecular weight is 326 g/mol. The van der Waals surface area contributed by atoms with Crippen LogP contribution in [0.3, 0.4) is 0 Å². The Balaban J connectivity index is 2.07. The van der Waals surface area contributed by atoms with E-state index < -0.39 is 5.91 Å². The summed E-state index contributed by atoms with van der Waals surface area (Å²) in [5.41, 5.74) is 0.715. The highest BCUT2D eigenvalue weighted by Gasteiger charge is 2.10. The van der Waals surface area contributed by atoms with Crippen LogP contribution in [0, 0.1) is 0 Å². The Labute approximate surface area is 132 Å². The van der Waals surface area contributed by atoms with Crippen LogP contribution < -0.4 is 10.1 Å². The van der Waals surface area contributed by atoms with Crippen molar-refractivity contribution in [2.45, 2.75) is 13.3 Å². The molecule has 1 aromatic heterocycles. The Kier molecular flexibility index (Phi) is 5.36. The van der Waals surface area contributed by atoms with Crippen LogP contribution in [-0.2, 0) is 0 Å². The summed E-state index contributed by atoms with van der Waals surface area (Å²) >= 11 is 11.7. The van der Waals surface area contributed by atoms with Gasteiger partial charge in [-0.3, -0.25) is 4.79 Å². The number of hydrogen-bond donors (Lipinski definition) is 1. The van der Waals surface area contributed by atoms with Gasteiger partial charge in [-0.2, -0.15) is 0 Å². The Morgan fingerprint density at radius 2 is 2.10 bits per heavy atom. The number of carbonyl (C=O) groups is 1. The molecule has 0 fully saturated rings.